The van der Waals surface area contributed by atoms with Crippen LogP contribution in [-0.4, -0.2) is 33.6 Å². The van der Waals surface area contributed by atoms with Crippen molar-refractivity contribution in [1.82, 2.24) is 14.5 Å². The lowest BCUT2D eigenvalue weighted by Gasteiger charge is -2.36. The van der Waals surface area contributed by atoms with Crippen molar-refractivity contribution in [2.45, 2.75) is 59.0 Å². The second-order valence-electron chi connectivity index (χ2n) is 9.46. The van der Waals surface area contributed by atoms with E-state index >= 15 is 0 Å². The molecule has 1 fully saturated rings. The molecule has 4 nitrogen and oxygen atoms in total. The first-order chi connectivity index (χ1) is 15.3. The van der Waals surface area contributed by atoms with Crippen LogP contribution < -0.4 is 5.56 Å². The van der Waals surface area contributed by atoms with Crippen molar-refractivity contribution in [3.63, 3.8) is 0 Å². The molecule has 4 rings (SSSR count). The Balaban J connectivity index is 1.86. The number of benzene rings is 2. The number of piperidine rings is 1. The van der Waals surface area contributed by atoms with Gasteiger partial charge in [-0.2, -0.15) is 0 Å². The second-order valence-corrected chi connectivity index (χ2v) is 9.46. The summed E-state index contributed by atoms with van der Waals surface area (Å²) < 4.78 is 29.9. The van der Waals surface area contributed by atoms with Gasteiger partial charge in [0.25, 0.3) is 5.56 Å². The number of nitrogens with zero attached hydrogens (tertiary/aromatic N) is 3. The van der Waals surface area contributed by atoms with Crippen molar-refractivity contribution < 1.29 is 8.78 Å². The molecule has 1 atom stereocenters. The molecule has 0 amide bonds. The van der Waals surface area contributed by atoms with E-state index in [1.165, 1.54) is 12.1 Å². The first-order valence-corrected chi connectivity index (χ1v) is 11.5. The molecule has 1 aromatic heterocycles. The molecule has 1 aliphatic rings. The smallest absolute Gasteiger partial charge is 0.262 e. The van der Waals surface area contributed by atoms with Gasteiger partial charge in [0.2, 0.25) is 0 Å². The van der Waals surface area contributed by atoms with E-state index in [1.807, 2.05) is 13.8 Å². The second kappa shape index (κ2) is 9.10. The van der Waals surface area contributed by atoms with Crippen LogP contribution in [0.3, 0.4) is 0 Å². The van der Waals surface area contributed by atoms with E-state index in [0.717, 1.165) is 37.8 Å². The van der Waals surface area contributed by atoms with Gasteiger partial charge in [-0.25, -0.2) is 13.8 Å². The van der Waals surface area contributed by atoms with Crippen LogP contribution in [0.5, 0.6) is 0 Å². The molecule has 0 bridgehead atoms. The Bertz CT molecular complexity index is 1190. The molecule has 0 radical (unpaired) electrons. The quantitative estimate of drug-likeness (QED) is 0.520. The molecule has 1 saturated heterocycles. The van der Waals surface area contributed by atoms with Crippen LogP contribution in [0, 0.1) is 17.6 Å². The normalized spacial score (nSPS) is 17.6. The van der Waals surface area contributed by atoms with E-state index in [-0.39, 0.29) is 17.0 Å². The monoisotopic (exact) mass is 439 g/mol. The SMILES string of the molecule is CC(C)c1nc2cccc(-c3ccc(F)cc3F)c2c(=O)n1C[C@H]1CCCN(C(C)C)C1. The summed E-state index contributed by atoms with van der Waals surface area (Å²) in [6.07, 6.45) is 2.18. The minimum atomic E-state index is -0.684. The number of halogens is 2. The Labute approximate surface area is 187 Å². The summed E-state index contributed by atoms with van der Waals surface area (Å²) in [6.45, 7) is 11.1. The van der Waals surface area contributed by atoms with Gasteiger partial charge in [-0.3, -0.25) is 9.36 Å². The highest BCUT2D eigenvalue weighted by atomic mass is 19.1. The van der Waals surface area contributed by atoms with Gasteiger partial charge >= 0.3 is 0 Å². The summed E-state index contributed by atoms with van der Waals surface area (Å²) in [4.78, 5) is 21.1. The maximum Gasteiger partial charge on any atom is 0.262 e. The van der Waals surface area contributed by atoms with Gasteiger partial charge < -0.3 is 4.90 Å². The predicted molar refractivity (Wildman–Crippen MR) is 125 cm³/mol. The molecule has 0 N–H and O–H groups in total. The highest BCUT2D eigenvalue weighted by Gasteiger charge is 2.25. The van der Waals surface area contributed by atoms with E-state index in [2.05, 4.69) is 18.7 Å². The van der Waals surface area contributed by atoms with Crippen LogP contribution in [0.15, 0.2) is 41.2 Å². The molecular formula is C26H31F2N3O. The zero-order chi connectivity index (χ0) is 23.0. The molecule has 2 heterocycles. The third kappa shape index (κ3) is 4.33. The fourth-order valence-electron chi connectivity index (χ4n) is 4.80. The van der Waals surface area contributed by atoms with Crippen molar-refractivity contribution in [3.05, 3.63) is 64.2 Å². The lowest BCUT2D eigenvalue weighted by molar-refractivity contribution is 0.129. The van der Waals surface area contributed by atoms with Crippen molar-refractivity contribution in [2.24, 2.45) is 5.92 Å². The van der Waals surface area contributed by atoms with Gasteiger partial charge in [0.1, 0.15) is 17.5 Å². The topological polar surface area (TPSA) is 38.1 Å². The van der Waals surface area contributed by atoms with Crippen molar-refractivity contribution in [2.75, 3.05) is 13.1 Å². The maximum absolute atomic E-state index is 14.6. The summed E-state index contributed by atoms with van der Waals surface area (Å²) in [5, 5.41) is 0.388. The summed E-state index contributed by atoms with van der Waals surface area (Å²) in [7, 11) is 0. The number of fused-ring (bicyclic) bond motifs is 1. The summed E-state index contributed by atoms with van der Waals surface area (Å²) >= 11 is 0. The Morgan fingerprint density at radius 1 is 1.09 bits per heavy atom. The van der Waals surface area contributed by atoms with E-state index in [1.54, 1.807) is 22.8 Å². The van der Waals surface area contributed by atoms with Crippen LogP contribution in [-0.2, 0) is 6.54 Å². The Morgan fingerprint density at radius 3 is 2.56 bits per heavy atom. The van der Waals surface area contributed by atoms with Crippen LogP contribution in [0.2, 0.25) is 0 Å². The zero-order valence-corrected chi connectivity index (χ0v) is 19.2. The van der Waals surface area contributed by atoms with Crippen molar-refractivity contribution >= 4 is 10.9 Å². The van der Waals surface area contributed by atoms with Gasteiger partial charge in [0, 0.05) is 36.7 Å². The number of rotatable bonds is 5. The van der Waals surface area contributed by atoms with Crippen molar-refractivity contribution in [1.29, 1.82) is 0 Å². The number of hydrogen-bond donors (Lipinski definition) is 0. The molecule has 0 spiro atoms. The molecule has 32 heavy (non-hydrogen) atoms. The first-order valence-electron chi connectivity index (χ1n) is 11.5. The highest BCUT2D eigenvalue weighted by Crippen LogP contribution is 2.30. The molecule has 0 saturated carbocycles. The average Bonchev–Trinajstić information content (AvgIpc) is 2.75. The van der Waals surface area contributed by atoms with E-state index < -0.39 is 11.6 Å². The van der Waals surface area contributed by atoms with Gasteiger partial charge in [-0.1, -0.05) is 26.0 Å². The average molecular weight is 440 g/mol. The molecule has 0 unspecified atom stereocenters. The van der Waals surface area contributed by atoms with Gasteiger partial charge in [-0.15, -0.1) is 0 Å². The van der Waals surface area contributed by atoms with Gasteiger partial charge in [0.15, 0.2) is 0 Å². The van der Waals surface area contributed by atoms with Crippen LogP contribution in [0.4, 0.5) is 8.78 Å². The Morgan fingerprint density at radius 2 is 1.88 bits per heavy atom. The van der Waals surface area contributed by atoms with Gasteiger partial charge in [0.05, 0.1) is 10.9 Å². The van der Waals surface area contributed by atoms with Crippen LogP contribution in [0.25, 0.3) is 22.0 Å². The molecule has 170 valence electrons. The lowest BCUT2D eigenvalue weighted by Crippen LogP contribution is -2.42. The summed E-state index contributed by atoms with van der Waals surface area (Å²) in [5.41, 5.74) is 1.06. The Kier molecular flexibility index (Phi) is 6.42. The highest BCUT2D eigenvalue weighted by molar-refractivity contribution is 5.94. The maximum atomic E-state index is 14.6. The van der Waals surface area contributed by atoms with Crippen LogP contribution in [0.1, 0.15) is 52.3 Å². The fraction of sp³-hybridized carbons (Fsp3) is 0.462. The third-order valence-corrected chi connectivity index (χ3v) is 6.47. The number of likely N-dealkylation sites (tertiary alicyclic amines) is 1. The fourth-order valence-corrected chi connectivity index (χ4v) is 4.80. The largest absolute Gasteiger partial charge is 0.301 e. The minimum Gasteiger partial charge on any atom is -0.301 e. The standard InChI is InChI=1S/C26H31F2N3O/c1-16(2)25-29-23-9-5-8-21(20-11-10-19(27)13-22(20)28)24(23)26(32)31(25)15-18-7-6-12-30(14-18)17(3)4/h5,8-11,13,16-18H,6-7,12,14-15H2,1-4H3/t18-/m0/s1. The number of hydrogen-bond acceptors (Lipinski definition) is 3. The third-order valence-electron chi connectivity index (χ3n) is 6.47. The van der Waals surface area contributed by atoms with Gasteiger partial charge in [-0.05, 0) is 62.9 Å². The van der Waals surface area contributed by atoms with Crippen LogP contribution >= 0.6 is 0 Å². The molecule has 3 aromatic rings. The molecule has 1 aliphatic heterocycles. The molecule has 6 heteroatoms. The summed E-state index contributed by atoms with van der Waals surface area (Å²) in [6, 6.07) is 9.20. The number of aromatic nitrogens is 2. The first kappa shape index (κ1) is 22.6. The minimum absolute atomic E-state index is 0.0723. The summed E-state index contributed by atoms with van der Waals surface area (Å²) in [5.74, 6) is -0.147. The predicted octanol–water partition coefficient (Wildman–Crippen LogP) is 5.59. The van der Waals surface area contributed by atoms with Crippen molar-refractivity contribution in [3.8, 4) is 11.1 Å². The lowest BCUT2D eigenvalue weighted by atomic mass is 9.96. The Hall–Kier alpha value is -2.60. The zero-order valence-electron chi connectivity index (χ0n) is 19.2. The molecular weight excluding hydrogens is 408 g/mol. The van der Waals surface area contributed by atoms with E-state index in [4.69, 9.17) is 4.98 Å². The molecule has 2 aromatic carbocycles. The van der Waals surface area contributed by atoms with E-state index in [0.29, 0.717) is 35.0 Å². The van der Waals surface area contributed by atoms with E-state index in [9.17, 15) is 13.6 Å². The molecule has 0 aliphatic carbocycles.